The largest absolute Gasteiger partial charge is 0.474 e. The van der Waals surface area contributed by atoms with Crippen LogP contribution in [0.5, 0.6) is 5.88 Å². The molecule has 0 radical (unpaired) electrons. The Kier molecular flexibility index (Phi) is 5.60. The van der Waals surface area contributed by atoms with Crippen LogP contribution in [0.4, 0.5) is 0 Å². The van der Waals surface area contributed by atoms with E-state index in [1.54, 1.807) is 41.6 Å². The molecule has 4 aromatic heterocycles. The van der Waals surface area contributed by atoms with Gasteiger partial charge in [-0.15, -0.1) is 0 Å². The SMILES string of the molecule is Cn1cc(-c2cc3cc(CC(=O)c4ccnc(OC5CCNCC5)c4)ncc3cn2)cn1. The number of piperidine rings is 1. The normalized spacial score (nSPS) is 14.5. The number of pyridine rings is 3. The summed E-state index contributed by atoms with van der Waals surface area (Å²) in [5.41, 5.74) is 3.07. The number of hydrogen-bond acceptors (Lipinski definition) is 7. The summed E-state index contributed by atoms with van der Waals surface area (Å²) < 4.78 is 7.72. The fourth-order valence-corrected chi connectivity index (χ4v) is 3.89. The molecule has 8 heteroatoms. The molecule has 0 spiro atoms. The Morgan fingerprint density at radius 1 is 1.09 bits per heavy atom. The Morgan fingerprint density at radius 3 is 2.75 bits per heavy atom. The van der Waals surface area contributed by atoms with E-state index in [-0.39, 0.29) is 18.3 Å². The molecule has 162 valence electrons. The van der Waals surface area contributed by atoms with Gasteiger partial charge in [0.05, 0.1) is 18.3 Å². The first-order valence-electron chi connectivity index (χ1n) is 10.7. The van der Waals surface area contributed by atoms with Crippen LogP contribution < -0.4 is 10.1 Å². The molecule has 0 bridgehead atoms. The predicted molar refractivity (Wildman–Crippen MR) is 121 cm³/mol. The van der Waals surface area contributed by atoms with Gasteiger partial charge in [-0.1, -0.05) is 0 Å². The van der Waals surface area contributed by atoms with Crippen molar-refractivity contribution in [2.24, 2.45) is 7.05 Å². The topological polar surface area (TPSA) is 94.8 Å². The van der Waals surface area contributed by atoms with Crippen LogP contribution in [0.2, 0.25) is 0 Å². The summed E-state index contributed by atoms with van der Waals surface area (Å²) >= 11 is 0. The van der Waals surface area contributed by atoms with Gasteiger partial charge in [-0.05, 0) is 49.5 Å². The van der Waals surface area contributed by atoms with E-state index < -0.39 is 0 Å². The average Bonchev–Trinajstić information content (AvgIpc) is 3.26. The zero-order chi connectivity index (χ0) is 21.9. The summed E-state index contributed by atoms with van der Waals surface area (Å²) in [6.45, 7) is 1.88. The third kappa shape index (κ3) is 4.50. The minimum absolute atomic E-state index is 0.0176. The highest BCUT2D eigenvalue weighted by Gasteiger charge is 2.16. The number of ether oxygens (including phenoxy) is 1. The first-order valence-corrected chi connectivity index (χ1v) is 10.7. The number of hydrogen-bond donors (Lipinski definition) is 1. The fraction of sp³-hybridized carbons (Fsp3) is 0.292. The molecule has 1 fully saturated rings. The number of rotatable bonds is 6. The van der Waals surface area contributed by atoms with E-state index in [0.717, 1.165) is 48.0 Å². The highest BCUT2D eigenvalue weighted by atomic mass is 16.5. The molecule has 32 heavy (non-hydrogen) atoms. The molecule has 4 aromatic rings. The molecule has 0 aliphatic carbocycles. The van der Waals surface area contributed by atoms with Crippen molar-refractivity contribution in [3.8, 4) is 17.1 Å². The van der Waals surface area contributed by atoms with Gasteiger partial charge in [0.15, 0.2) is 5.78 Å². The zero-order valence-corrected chi connectivity index (χ0v) is 17.9. The fourth-order valence-electron chi connectivity index (χ4n) is 3.89. The maximum Gasteiger partial charge on any atom is 0.214 e. The van der Waals surface area contributed by atoms with E-state index in [1.807, 2.05) is 25.4 Å². The Morgan fingerprint density at radius 2 is 1.94 bits per heavy atom. The van der Waals surface area contributed by atoms with E-state index in [9.17, 15) is 4.79 Å². The predicted octanol–water partition coefficient (Wildman–Crippen LogP) is 2.98. The van der Waals surface area contributed by atoms with Crippen molar-refractivity contribution in [2.75, 3.05) is 13.1 Å². The maximum absolute atomic E-state index is 12.9. The molecule has 0 amide bonds. The van der Waals surface area contributed by atoms with Crippen LogP contribution in [0.25, 0.3) is 22.0 Å². The lowest BCUT2D eigenvalue weighted by Gasteiger charge is -2.23. The number of nitrogens with zero attached hydrogens (tertiary/aromatic N) is 5. The van der Waals surface area contributed by atoms with Crippen LogP contribution in [-0.2, 0) is 13.5 Å². The van der Waals surface area contributed by atoms with Crippen LogP contribution >= 0.6 is 0 Å². The average molecular weight is 428 g/mol. The summed E-state index contributed by atoms with van der Waals surface area (Å²) in [5, 5.41) is 9.44. The highest BCUT2D eigenvalue weighted by Crippen LogP contribution is 2.22. The van der Waals surface area contributed by atoms with E-state index in [2.05, 4.69) is 25.4 Å². The van der Waals surface area contributed by atoms with Crippen LogP contribution in [0.3, 0.4) is 0 Å². The van der Waals surface area contributed by atoms with Crippen LogP contribution in [0.15, 0.2) is 55.2 Å². The van der Waals surface area contributed by atoms with Gasteiger partial charge in [0.1, 0.15) is 6.10 Å². The molecule has 8 nitrogen and oxygen atoms in total. The molecule has 1 aliphatic heterocycles. The van der Waals surface area contributed by atoms with Crippen molar-refractivity contribution in [1.82, 2.24) is 30.0 Å². The second-order valence-electron chi connectivity index (χ2n) is 8.04. The third-order valence-electron chi connectivity index (χ3n) is 5.63. The van der Waals surface area contributed by atoms with Crippen molar-refractivity contribution in [3.63, 3.8) is 0 Å². The lowest BCUT2D eigenvalue weighted by Crippen LogP contribution is -2.34. The van der Waals surface area contributed by atoms with Crippen LogP contribution in [-0.4, -0.2) is 49.7 Å². The Hall–Kier alpha value is -3.65. The first kappa shape index (κ1) is 20.3. The van der Waals surface area contributed by atoms with Gasteiger partial charge in [-0.2, -0.15) is 5.10 Å². The van der Waals surface area contributed by atoms with Crippen molar-refractivity contribution < 1.29 is 9.53 Å². The summed E-state index contributed by atoms with van der Waals surface area (Å²) in [6.07, 6.45) is 11.1. The van der Waals surface area contributed by atoms with Crippen molar-refractivity contribution in [1.29, 1.82) is 0 Å². The minimum Gasteiger partial charge on any atom is -0.474 e. The Balaban J connectivity index is 1.33. The molecule has 1 N–H and O–H groups in total. The van der Waals surface area contributed by atoms with E-state index >= 15 is 0 Å². The Labute approximate surface area is 185 Å². The van der Waals surface area contributed by atoms with E-state index in [0.29, 0.717) is 17.1 Å². The van der Waals surface area contributed by atoms with Gasteiger partial charge < -0.3 is 10.1 Å². The summed E-state index contributed by atoms with van der Waals surface area (Å²) in [5.74, 6) is 0.484. The van der Waals surface area contributed by atoms with Gasteiger partial charge in [0, 0.05) is 60.1 Å². The number of carbonyl (C=O) groups is 1. The number of aryl methyl sites for hydroxylation is 1. The molecule has 5 heterocycles. The van der Waals surface area contributed by atoms with Crippen LogP contribution in [0.1, 0.15) is 28.9 Å². The highest BCUT2D eigenvalue weighted by molar-refractivity contribution is 5.98. The van der Waals surface area contributed by atoms with Gasteiger partial charge in [0.25, 0.3) is 0 Å². The lowest BCUT2D eigenvalue weighted by atomic mass is 10.1. The quantitative estimate of drug-likeness (QED) is 0.472. The van der Waals surface area contributed by atoms with Crippen molar-refractivity contribution in [2.45, 2.75) is 25.4 Å². The monoisotopic (exact) mass is 428 g/mol. The van der Waals surface area contributed by atoms with Gasteiger partial charge in [0.2, 0.25) is 5.88 Å². The molecule has 0 saturated carbocycles. The molecule has 1 saturated heterocycles. The minimum atomic E-state index is -0.0176. The standard InChI is InChI=1S/C24H24N6O2/c1-30-15-19(14-29-30)22-9-17-8-20(27-12-18(17)13-28-22)11-23(31)16-2-7-26-24(10-16)32-21-3-5-25-6-4-21/h2,7-10,12-15,21,25H,3-6,11H2,1H3. The number of aromatic nitrogens is 5. The Bertz CT molecular complexity index is 1260. The number of ketones is 1. The lowest BCUT2D eigenvalue weighted by molar-refractivity contribution is 0.0990. The first-order chi connectivity index (χ1) is 15.6. The summed E-state index contributed by atoms with van der Waals surface area (Å²) in [7, 11) is 1.88. The molecule has 0 aromatic carbocycles. The molecule has 5 rings (SSSR count). The van der Waals surface area contributed by atoms with E-state index in [4.69, 9.17) is 4.74 Å². The maximum atomic E-state index is 12.9. The van der Waals surface area contributed by atoms with Gasteiger partial charge in [-0.3, -0.25) is 19.4 Å². The van der Waals surface area contributed by atoms with Crippen molar-refractivity contribution in [3.05, 3.63) is 66.5 Å². The number of Topliss-reactive ketones (excluding diaryl/α,β-unsaturated/α-hetero) is 1. The molecule has 0 atom stereocenters. The smallest absolute Gasteiger partial charge is 0.214 e. The molecule has 0 unspecified atom stereocenters. The summed E-state index contributed by atoms with van der Waals surface area (Å²) in [4.78, 5) is 26.2. The zero-order valence-electron chi connectivity index (χ0n) is 17.9. The van der Waals surface area contributed by atoms with Crippen molar-refractivity contribution >= 4 is 16.6 Å². The molecular formula is C24H24N6O2. The second kappa shape index (κ2) is 8.84. The second-order valence-corrected chi connectivity index (χ2v) is 8.04. The molecular weight excluding hydrogens is 404 g/mol. The number of fused-ring (bicyclic) bond motifs is 1. The number of carbonyl (C=O) groups excluding carboxylic acids is 1. The third-order valence-corrected chi connectivity index (χ3v) is 5.63. The van der Waals surface area contributed by atoms with E-state index in [1.165, 1.54) is 0 Å². The van der Waals surface area contributed by atoms with Gasteiger partial charge in [-0.25, -0.2) is 4.98 Å². The summed E-state index contributed by atoms with van der Waals surface area (Å²) in [6, 6.07) is 7.40. The number of nitrogens with one attached hydrogen (secondary N) is 1. The molecule has 1 aliphatic rings. The van der Waals surface area contributed by atoms with Crippen LogP contribution in [0, 0.1) is 0 Å². The van der Waals surface area contributed by atoms with Gasteiger partial charge >= 0.3 is 0 Å².